The second-order valence-corrected chi connectivity index (χ2v) is 5.58. The van der Waals surface area contributed by atoms with Crippen LogP contribution in [0.15, 0.2) is 47.3 Å². The fraction of sp³-hybridized carbons (Fsp3) is 0.0625. The van der Waals surface area contributed by atoms with Gasteiger partial charge in [0.1, 0.15) is 12.4 Å². The molecule has 0 bridgehead atoms. The molecule has 1 aliphatic rings. The van der Waals surface area contributed by atoms with E-state index in [4.69, 9.17) is 4.74 Å². The topological polar surface area (TPSA) is 26.3 Å². The van der Waals surface area contributed by atoms with E-state index in [0.717, 1.165) is 31.5 Å². The molecule has 0 N–H and O–H groups in total. The van der Waals surface area contributed by atoms with Gasteiger partial charge in [0.15, 0.2) is 5.43 Å². The Labute approximate surface area is 113 Å². The Balaban J connectivity index is 2.27. The van der Waals surface area contributed by atoms with E-state index in [0.29, 0.717) is 6.61 Å². The number of rotatable bonds is 0. The Kier molecular flexibility index (Phi) is 2.23. The maximum absolute atomic E-state index is 12.7. The molecule has 3 aromatic rings. The first kappa shape index (κ1) is 10.8. The van der Waals surface area contributed by atoms with E-state index in [1.165, 1.54) is 0 Å². The predicted octanol–water partition coefficient (Wildman–Crippen LogP) is 3.82. The van der Waals surface area contributed by atoms with E-state index in [-0.39, 0.29) is 5.43 Å². The summed E-state index contributed by atoms with van der Waals surface area (Å²) < 4.78 is 7.62. The van der Waals surface area contributed by atoms with Gasteiger partial charge in [0.05, 0.1) is 5.39 Å². The zero-order valence-corrected chi connectivity index (χ0v) is 10.9. The first-order valence-corrected chi connectivity index (χ1v) is 6.94. The minimum atomic E-state index is 0.0938. The molecular formula is C16H10O2S. The largest absolute Gasteiger partial charge is 0.489 e. The number of fused-ring (bicyclic) bond motifs is 4. The fourth-order valence-electron chi connectivity index (χ4n) is 2.49. The van der Waals surface area contributed by atoms with Gasteiger partial charge in [-0.1, -0.05) is 18.2 Å². The molecule has 0 atom stereocenters. The SMILES string of the molecule is O=c1c2ccccc2sc2ccc3c(c12)C=CCO3. The minimum absolute atomic E-state index is 0.0938. The van der Waals surface area contributed by atoms with E-state index < -0.39 is 0 Å². The molecule has 4 rings (SSSR count). The zero-order valence-electron chi connectivity index (χ0n) is 10.1. The third-order valence-corrected chi connectivity index (χ3v) is 4.50. The third kappa shape index (κ3) is 1.52. The van der Waals surface area contributed by atoms with Crippen molar-refractivity contribution in [3.8, 4) is 5.75 Å². The number of benzene rings is 2. The molecule has 2 nitrogen and oxygen atoms in total. The van der Waals surface area contributed by atoms with E-state index in [2.05, 4.69) is 0 Å². The third-order valence-electron chi connectivity index (χ3n) is 3.37. The van der Waals surface area contributed by atoms with E-state index in [1.807, 2.05) is 48.6 Å². The molecule has 0 amide bonds. The van der Waals surface area contributed by atoms with Gasteiger partial charge >= 0.3 is 0 Å². The second-order valence-electron chi connectivity index (χ2n) is 4.49. The van der Waals surface area contributed by atoms with Crippen LogP contribution in [0, 0.1) is 0 Å². The molecular weight excluding hydrogens is 256 g/mol. The molecule has 0 radical (unpaired) electrons. The maximum atomic E-state index is 12.7. The van der Waals surface area contributed by atoms with Crippen molar-refractivity contribution in [1.82, 2.24) is 0 Å². The molecule has 3 heteroatoms. The van der Waals surface area contributed by atoms with E-state index in [9.17, 15) is 4.79 Å². The van der Waals surface area contributed by atoms with Gasteiger partial charge in [-0.05, 0) is 30.3 Å². The highest BCUT2D eigenvalue weighted by Gasteiger charge is 2.14. The lowest BCUT2D eigenvalue weighted by molar-refractivity contribution is 0.359. The van der Waals surface area contributed by atoms with Crippen LogP contribution < -0.4 is 10.2 Å². The van der Waals surface area contributed by atoms with Gasteiger partial charge in [0, 0.05) is 20.3 Å². The van der Waals surface area contributed by atoms with Crippen molar-refractivity contribution >= 4 is 37.6 Å². The zero-order chi connectivity index (χ0) is 12.8. The molecule has 1 aliphatic heterocycles. The van der Waals surface area contributed by atoms with E-state index >= 15 is 0 Å². The van der Waals surface area contributed by atoms with Crippen LogP contribution in [0.3, 0.4) is 0 Å². The summed E-state index contributed by atoms with van der Waals surface area (Å²) in [4.78, 5) is 12.7. The van der Waals surface area contributed by atoms with Crippen molar-refractivity contribution in [3.63, 3.8) is 0 Å². The highest BCUT2D eigenvalue weighted by atomic mass is 32.1. The summed E-state index contributed by atoms with van der Waals surface area (Å²) in [6, 6.07) is 11.7. The summed E-state index contributed by atoms with van der Waals surface area (Å²) in [6.45, 7) is 0.573. The summed E-state index contributed by atoms with van der Waals surface area (Å²) in [7, 11) is 0. The van der Waals surface area contributed by atoms with E-state index in [1.54, 1.807) is 11.3 Å². The number of ether oxygens (including phenoxy) is 1. The van der Waals surface area contributed by atoms with Crippen LogP contribution in [0.4, 0.5) is 0 Å². The van der Waals surface area contributed by atoms with Crippen molar-refractivity contribution in [2.24, 2.45) is 0 Å². The van der Waals surface area contributed by atoms with Gasteiger partial charge in [-0.3, -0.25) is 4.79 Å². The van der Waals surface area contributed by atoms with Gasteiger partial charge in [0.2, 0.25) is 0 Å². The second kappa shape index (κ2) is 3.93. The quantitative estimate of drug-likeness (QED) is 0.578. The summed E-state index contributed by atoms with van der Waals surface area (Å²) in [5.41, 5.74) is 1.01. The summed E-state index contributed by atoms with van der Waals surface area (Å²) >= 11 is 1.65. The number of hydrogen-bond acceptors (Lipinski definition) is 3. The van der Waals surface area contributed by atoms with Crippen LogP contribution >= 0.6 is 11.3 Å². The fourth-order valence-corrected chi connectivity index (χ4v) is 3.59. The molecule has 1 aromatic heterocycles. The van der Waals surface area contributed by atoms with Crippen LogP contribution in [0.2, 0.25) is 0 Å². The monoisotopic (exact) mass is 266 g/mol. The Morgan fingerprint density at radius 2 is 1.95 bits per heavy atom. The average Bonchev–Trinajstić information content (AvgIpc) is 2.47. The molecule has 0 unspecified atom stereocenters. The molecule has 2 heterocycles. The lowest BCUT2D eigenvalue weighted by Gasteiger charge is -2.14. The van der Waals surface area contributed by atoms with Gasteiger partial charge in [-0.15, -0.1) is 11.3 Å². The summed E-state index contributed by atoms with van der Waals surface area (Å²) in [6.07, 6.45) is 3.94. The van der Waals surface area contributed by atoms with Crippen LogP contribution in [-0.2, 0) is 0 Å². The molecule has 2 aromatic carbocycles. The molecule has 19 heavy (non-hydrogen) atoms. The summed E-state index contributed by atoms with van der Waals surface area (Å²) in [5.74, 6) is 0.801. The van der Waals surface area contributed by atoms with Gasteiger partial charge < -0.3 is 4.74 Å². The highest BCUT2D eigenvalue weighted by molar-refractivity contribution is 7.24. The molecule has 0 saturated carbocycles. The highest BCUT2D eigenvalue weighted by Crippen LogP contribution is 2.33. The first-order valence-electron chi connectivity index (χ1n) is 6.12. The average molecular weight is 266 g/mol. The van der Waals surface area contributed by atoms with Gasteiger partial charge in [-0.2, -0.15) is 0 Å². The van der Waals surface area contributed by atoms with Crippen molar-refractivity contribution < 1.29 is 4.74 Å². The predicted molar refractivity (Wildman–Crippen MR) is 80.1 cm³/mol. The standard InChI is InChI=1S/C16H10O2S/c17-16-11-4-1-2-6-13(11)19-14-8-7-12-10(15(14)16)5-3-9-18-12/h1-8H,9H2. The Hall–Kier alpha value is -2.13. The van der Waals surface area contributed by atoms with Crippen LogP contribution in [0.1, 0.15) is 5.56 Å². The Morgan fingerprint density at radius 3 is 2.89 bits per heavy atom. The Bertz CT molecular complexity index is 890. The lowest BCUT2D eigenvalue weighted by Crippen LogP contribution is -2.07. The van der Waals surface area contributed by atoms with Crippen molar-refractivity contribution in [1.29, 1.82) is 0 Å². The first-order chi connectivity index (χ1) is 9.34. The molecule has 0 fully saturated rings. The minimum Gasteiger partial charge on any atom is -0.489 e. The lowest BCUT2D eigenvalue weighted by atomic mass is 10.1. The van der Waals surface area contributed by atoms with Crippen molar-refractivity contribution in [2.75, 3.05) is 6.61 Å². The van der Waals surface area contributed by atoms with Crippen LogP contribution in [-0.4, -0.2) is 6.61 Å². The molecule has 0 saturated heterocycles. The number of hydrogen-bond donors (Lipinski definition) is 0. The Morgan fingerprint density at radius 1 is 1.05 bits per heavy atom. The van der Waals surface area contributed by atoms with Crippen molar-refractivity contribution in [3.05, 3.63) is 58.3 Å². The smallest absolute Gasteiger partial charge is 0.196 e. The molecule has 92 valence electrons. The molecule has 0 aliphatic carbocycles. The van der Waals surface area contributed by atoms with Crippen LogP contribution in [0.5, 0.6) is 5.75 Å². The van der Waals surface area contributed by atoms with Crippen molar-refractivity contribution in [2.45, 2.75) is 0 Å². The maximum Gasteiger partial charge on any atom is 0.196 e. The van der Waals surface area contributed by atoms with Gasteiger partial charge in [0.25, 0.3) is 0 Å². The van der Waals surface area contributed by atoms with Gasteiger partial charge in [-0.25, -0.2) is 0 Å². The molecule has 0 spiro atoms. The van der Waals surface area contributed by atoms with Crippen LogP contribution in [0.25, 0.3) is 26.2 Å². The normalized spacial score (nSPS) is 13.5. The summed E-state index contributed by atoms with van der Waals surface area (Å²) in [5, 5.41) is 1.56.